The molecule has 0 atom stereocenters. The second-order valence-corrected chi connectivity index (χ2v) is 6.23. The zero-order valence-electron chi connectivity index (χ0n) is 15.5. The van der Waals surface area contributed by atoms with Gasteiger partial charge in [-0.1, -0.05) is 24.3 Å². The second-order valence-electron chi connectivity index (χ2n) is 6.23. The van der Waals surface area contributed by atoms with Crippen LogP contribution in [0.25, 0.3) is 6.08 Å². The number of anilines is 1. The highest BCUT2D eigenvalue weighted by molar-refractivity contribution is 6.12. The Morgan fingerprint density at radius 3 is 2.67 bits per heavy atom. The average Bonchev–Trinajstić information content (AvgIpc) is 3.05. The van der Waals surface area contributed by atoms with Gasteiger partial charge in [-0.25, -0.2) is 9.79 Å². The number of rotatable bonds is 6. The molecule has 5 heteroatoms. The number of aryl methyl sites for hydroxylation is 1. The van der Waals surface area contributed by atoms with Gasteiger partial charge in [0.2, 0.25) is 5.90 Å². The van der Waals surface area contributed by atoms with E-state index in [9.17, 15) is 4.79 Å². The molecule has 0 unspecified atom stereocenters. The van der Waals surface area contributed by atoms with Gasteiger partial charge >= 0.3 is 5.97 Å². The van der Waals surface area contributed by atoms with Gasteiger partial charge in [-0.3, -0.25) is 0 Å². The van der Waals surface area contributed by atoms with E-state index in [1.165, 1.54) is 0 Å². The summed E-state index contributed by atoms with van der Waals surface area (Å²) in [6, 6.07) is 17.6. The number of cyclic esters (lactones) is 1. The van der Waals surface area contributed by atoms with Gasteiger partial charge in [0.15, 0.2) is 5.70 Å². The highest BCUT2D eigenvalue weighted by atomic mass is 16.6. The maximum absolute atomic E-state index is 12.2. The number of hydrogen-bond donors (Lipinski definition) is 0. The van der Waals surface area contributed by atoms with Crippen LogP contribution in [0.2, 0.25) is 0 Å². The van der Waals surface area contributed by atoms with E-state index in [2.05, 4.69) is 29.0 Å². The van der Waals surface area contributed by atoms with E-state index >= 15 is 0 Å². The lowest BCUT2D eigenvalue weighted by Gasteiger charge is -2.22. The van der Waals surface area contributed by atoms with Gasteiger partial charge < -0.3 is 9.64 Å². The van der Waals surface area contributed by atoms with Gasteiger partial charge in [0.25, 0.3) is 0 Å². The van der Waals surface area contributed by atoms with Gasteiger partial charge in [0.1, 0.15) is 0 Å². The molecule has 0 spiro atoms. The molecule has 2 aromatic rings. The molecule has 27 heavy (non-hydrogen) atoms. The molecule has 0 saturated carbocycles. The molecular formula is C22H21N3O2. The van der Waals surface area contributed by atoms with Crippen molar-refractivity contribution in [2.75, 3.05) is 18.0 Å². The SMILES string of the molecule is CCN(CCC#N)c1ccc(C=C2N=C(c3ccccc3)OC2=O)c(C)c1. The lowest BCUT2D eigenvalue weighted by Crippen LogP contribution is -2.23. The molecule has 0 bridgehead atoms. The molecule has 1 heterocycles. The van der Waals surface area contributed by atoms with Gasteiger partial charge in [0, 0.05) is 24.3 Å². The van der Waals surface area contributed by atoms with E-state index in [4.69, 9.17) is 10.00 Å². The largest absolute Gasteiger partial charge is 0.402 e. The maximum Gasteiger partial charge on any atom is 0.363 e. The Labute approximate surface area is 159 Å². The number of esters is 1. The Balaban J connectivity index is 1.85. The van der Waals surface area contributed by atoms with Crippen molar-refractivity contribution >= 4 is 23.6 Å². The average molecular weight is 359 g/mol. The highest BCUT2D eigenvalue weighted by Gasteiger charge is 2.24. The number of carbonyl (C=O) groups excluding carboxylic acids is 1. The normalized spacial score (nSPS) is 14.6. The third kappa shape index (κ3) is 4.24. The van der Waals surface area contributed by atoms with Crippen LogP contribution in [0.3, 0.4) is 0 Å². The summed E-state index contributed by atoms with van der Waals surface area (Å²) in [4.78, 5) is 18.7. The molecule has 5 nitrogen and oxygen atoms in total. The van der Waals surface area contributed by atoms with Gasteiger partial charge in [-0.15, -0.1) is 0 Å². The van der Waals surface area contributed by atoms with Crippen LogP contribution in [0, 0.1) is 18.3 Å². The molecular weight excluding hydrogens is 338 g/mol. The zero-order valence-corrected chi connectivity index (χ0v) is 15.5. The van der Waals surface area contributed by atoms with Crippen molar-refractivity contribution in [1.82, 2.24) is 0 Å². The Kier molecular flexibility index (Phi) is 5.68. The predicted octanol–water partition coefficient (Wildman–Crippen LogP) is 4.08. The molecule has 0 fully saturated rings. The van der Waals surface area contributed by atoms with Crippen LogP contribution in [-0.2, 0) is 9.53 Å². The smallest absolute Gasteiger partial charge is 0.363 e. The fraction of sp³-hybridized carbons (Fsp3) is 0.227. The molecule has 136 valence electrons. The Morgan fingerprint density at radius 2 is 2.00 bits per heavy atom. The third-order valence-electron chi connectivity index (χ3n) is 4.43. The van der Waals surface area contributed by atoms with Gasteiger partial charge in [0.05, 0.1) is 12.5 Å². The number of nitrogens with zero attached hydrogens (tertiary/aromatic N) is 3. The fourth-order valence-corrected chi connectivity index (χ4v) is 2.93. The molecule has 3 rings (SSSR count). The summed E-state index contributed by atoms with van der Waals surface area (Å²) in [5, 5.41) is 8.80. The Morgan fingerprint density at radius 1 is 1.22 bits per heavy atom. The number of ether oxygens (including phenoxy) is 1. The van der Waals surface area contributed by atoms with Gasteiger partial charge in [-0.05, 0) is 55.3 Å². The van der Waals surface area contributed by atoms with Gasteiger partial charge in [-0.2, -0.15) is 5.26 Å². The van der Waals surface area contributed by atoms with E-state index in [-0.39, 0.29) is 0 Å². The first-order valence-corrected chi connectivity index (χ1v) is 8.93. The van der Waals surface area contributed by atoms with E-state index in [1.54, 1.807) is 6.08 Å². The second kappa shape index (κ2) is 8.33. The number of nitriles is 1. The van der Waals surface area contributed by atoms with Crippen molar-refractivity contribution < 1.29 is 9.53 Å². The zero-order chi connectivity index (χ0) is 19.2. The minimum Gasteiger partial charge on any atom is -0.402 e. The number of carbonyl (C=O) groups is 1. The van der Waals surface area contributed by atoms with E-state index in [1.807, 2.05) is 49.4 Å². The number of hydrogen-bond acceptors (Lipinski definition) is 5. The summed E-state index contributed by atoms with van der Waals surface area (Å²) >= 11 is 0. The summed E-state index contributed by atoms with van der Waals surface area (Å²) in [6.07, 6.45) is 2.24. The van der Waals surface area contributed by atoms with Crippen LogP contribution >= 0.6 is 0 Å². The fourth-order valence-electron chi connectivity index (χ4n) is 2.93. The van der Waals surface area contributed by atoms with Crippen LogP contribution in [0.4, 0.5) is 5.69 Å². The van der Waals surface area contributed by atoms with Crippen molar-refractivity contribution in [2.24, 2.45) is 4.99 Å². The third-order valence-corrected chi connectivity index (χ3v) is 4.43. The lowest BCUT2D eigenvalue weighted by molar-refractivity contribution is -0.129. The van der Waals surface area contributed by atoms with E-state index in [0.29, 0.717) is 24.6 Å². The van der Waals surface area contributed by atoms with Crippen LogP contribution in [0.1, 0.15) is 30.0 Å². The lowest BCUT2D eigenvalue weighted by atomic mass is 10.1. The minimum atomic E-state index is -0.443. The van der Waals surface area contributed by atoms with Crippen molar-refractivity contribution in [3.63, 3.8) is 0 Å². The van der Waals surface area contributed by atoms with Crippen molar-refractivity contribution in [1.29, 1.82) is 5.26 Å². The minimum absolute atomic E-state index is 0.293. The summed E-state index contributed by atoms with van der Waals surface area (Å²) in [5.74, 6) is -0.115. The quantitative estimate of drug-likeness (QED) is 0.576. The standard InChI is InChI=1S/C22H21N3O2/c1-3-25(13-7-12-23)19-11-10-18(16(2)14-19)15-20-22(26)27-21(24-20)17-8-5-4-6-9-17/h4-6,8-11,14-15H,3,7,13H2,1-2H3. The summed E-state index contributed by atoms with van der Waals surface area (Å²) in [6.45, 7) is 5.59. The molecule has 2 aromatic carbocycles. The molecule has 0 aliphatic carbocycles. The Bertz CT molecular complexity index is 940. The number of benzene rings is 2. The first-order valence-electron chi connectivity index (χ1n) is 8.93. The molecule has 0 amide bonds. The molecule has 0 N–H and O–H groups in total. The molecule has 0 saturated heterocycles. The predicted molar refractivity (Wildman–Crippen MR) is 106 cm³/mol. The molecule has 0 radical (unpaired) electrons. The maximum atomic E-state index is 12.2. The first-order chi connectivity index (χ1) is 13.1. The highest BCUT2D eigenvalue weighted by Crippen LogP contribution is 2.24. The Hall–Kier alpha value is -3.39. The van der Waals surface area contributed by atoms with Crippen LogP contribution < -0.4 is 4.90 Å². The van der Waals surface area contributed by atoms with Crippen molar-refractivity contribution in [2.45, 2.75) is 20.3 Å². The first kappa shape index (κ1) is 18.4. The molecule has 0 aromatic heterocycles. The summed E-state index contributed by atoms with van der Waals surface area (Å²) in [7, 11) is 0. The van der Waals surface area contributed by atoms with E-state index < -0.39 is 5.97 Å². The van der Waals surface area contributed by atoms with Crippen LogP contribution in [0.15, 0.2) is 59.2 Å². The van der Waals surface area contributed by atoms with Crippen molar-refractivity contribution in [3.8, 4) is 6.07 Å². The summed E-state index contributed by atoms with van der Waals surface area (Å²) in [5.41, 5.74) is 4.08. The number of aliphatic imine (C=N–C) groups is 1. The van der Waals surface area contributed by atoms with Crippen molar-refractivity contribution in [3.05, 3.63) is 70.9 Å². The van der Waals surface area contributed by atoms with E-state index in [0.717, 1.165) is 28.9 Å². The topological polar surface area (TPSA) is 65.7 Å². The summed E-state index contributed by atoms with van der Waals surface area (Å²) < 4.78 is 5.30. The van der Waals surface area contributed by atoms with Crippen LogP contribution in [0.5, 0.6) is 0 Å². The molecule has 1 aliphatic heterocycles. The molecule has 1 aliphatic rings. The van der Waals surface area contributed by atoms with Crippen LogP contribution in [-0.4, -0.2) is 25.0 Å². The monoisotopic (exact) mass is 359 g/mol.